The minimum Gasteiger partial charge on any atom is -0.387 e. The van der Waals surface area contributed by atoms with E-state index in [0.717, 1.165) is 5.56 Å². The van der Waals surface area contributed by atoms with Crippen molar-refractivity contribution >= 4 is 17.5 Å². The zero-order chi connectivity index (χ0) is 10.6. The van der Waals surface area contributed by atoms with Crippen molar-refractivity contribution in [2.75, 3.05) is 13.7 Å². The molecule has 0 aliphatic heterocycles. The van der Waals surface area contributed by atoms with Crippen molar-refractivity contribution in [3.05, 3.63) is 34.9 Å². The molecule has 1 rings (SSSR count). The maximum Gasteiger partial charge on any atom is 0.248 e. The third kappa shape index (κ3) is 3.01. The Morgan fingerprint density at radius 2 is 2.29 bits per heavy atom. The number of likely N-dealkylation sites (N-methyl/N-ethyl adjacent to an activating group) is 1. The first-order valence-corrected chi connectivity index (χ1v) is 4.60. The van der Waals surface area contributed by atoms with Crippen molar-refractivity contribution in [3.8, 4) is 0 Å². The summed E-state index contributed by atoms with van der Waals surface area (Å²) in [5.74, 6) is -0.301. The molecule has 1 amide bonds. The van der Waals surface area contributed by atoms with Crippen LogP contribution in [0.15, 0.2) is 24.3 Å². The second kappa shape index (κ2) is 4.98. The predicted molar refractivity (Wildman–Crippen MR) is 55.0 cm³/mol. The number of aliphatic hydroxyl groups is 1. The van der Waals surface area contributed by atoms with Gasteiger partial charge in [0.15, 0.2) is 0 Å². The standard InChI is InChI=1S/C10H12ClNO2/c1-12(10(14)7-13)6-8-3-2-4-9(11)5-8/h2-5,13H,6-7H2,1H3. The van der Waals surface area contributed by atoms with Crippen LogP contribution in [0.2, 0.25) is 5.02 Å². The molecule has 0 aromatic heterocycles. The van der Waals surface area contributed by atoms with E-state index in [1.54, 1.807) is 19.2 Å². The fourth-order valence-electron chi connectivity index (χ4n) is 1.12. The molecule has 0 aliphatic rings. The molecular formula is C10H12ClNO2. The summed E-state index contributed by atoms with van der Waals surface area (Å²) < 4.78 is 0. The fraction of sp³-hybridized carbons (Fsp3) is 0.300. The Bertz CT molecular complexity index is 328. The van der Waals surface area contributed by atoms with E-state index in [0.29, 0.717) is 11.6 Å². The first-order valence-electron chi connectivity index (χ1n) is 4.22. The number of rotatable bonds is 3. The molecule has 0 aliphatic carbocycles. The van der Waals surface area contributed by atoms with Crippen LogP contribution in [0.25, 0.3) is 0 Å². The summed E-state index contributed by atoms with van der Waals surface area (Å²) in [7, 11) is 1.64. The Balaban J connectivity index is 2.64. The van der Waals surface area contributed by atoms with Crippen LogP contribution in [0.1, 0.15) is 5.56 Å². The van der Waals surface area contributed by atoms with Crippen molar-refractivity contribution in [1.82, 2.24) is 4.90 Å². The van der Waals surface area contributed by atoms with Crippen LogP contribution in [-0.2, 0) is 11.3 Å². The molecule has 0 saturated carbocycles. The highest BCUT2D eigenvalue weighted by molar-refractivity contribution is 6.30. The molecule has 0 fully saturated rings. The molecule has 4 heteroatoms. The average Bonchev–Trinajstić information content (AvgIpc) is 2.16. The van der Waals surface area contributed by atoms with Gasteiger partial charge in [0.1, 0.15) is 6.61 Å². The first-order chi connectivity index (χ1) is 6.63. The molecule has 1 aromatic carbocycles. The lowest BCUT2D eigenvalue weighted by Crippen LogP contribution is -2.28. The normalized spacial score (nSPS) is 9.93. The number of carbonyl (C=O) groups excluding carboxylic acids is 1. The first kappa shape index (κ1) is 11.0. The van der Waals surface area contributed by atoms with Crippen LogP contribution in [-0.4, -0.2) is 29.6 Å². The van der Waals surface area contributed by atoms with E-state index in [1.165, 1.54) is 4.90 Å². The van der Waals surface area contributed by atoms with Gasteiger partial charge in [0.25, 0.3) is 0 Å². The van der Waals surface area contributed by atoms with Crippen molar-refractivity contribution < 1.29 is 9.90 Å². The molecule has 0 atom stereocenters. The molecule has 14 heavy (non-hydrogen) atoms. The van der Waals surface area contributed by atoms with Gasteiger partial charge in [0, 0.05) is 18.6 Å². The van der Waals surface area contributed by atoms with Crippen LogP contribution < -0.4 is 0 Å². The molecule has 0 unspecified atom stereocenters. The molecule has 0 spiro atoms. The zero-order valence-corrected chi connectivity index (χ0v) is 8.66. The molecule has 1 N–H and O–H groups in total. The maximum absolute atomic E-state index is 11.0. The van der Waals surface area contributed by atoms with E-state index in [4.69, 9.17) is 16.7 Å². The predicted octanol–water partition coefficient (Wildman–Crippen LogP) is 1.29. The lowest BCUT2D eigenvalue weighted by atomic mass is 10.2. The molecule has 0 saturated heterocycles. The van der Waals surface area contributed by atoms with Gasteiger partial charge in [-0.15, -0.1) is 0 Å². The summed E-state index contributed by atoms with van der Waals surface area (Å²) in [6, 6.07) is 7.28. The van der Waals surface area contributed by atoms with Crippen molar-refractivity contribution in [1.29, 1.82) is 0 Å². The van der Waals surface area contributed by atoms with Gasteiger partial charge in [-0.3, -0.25) is 4.79 Å². The van der Waals surface area contributed by atoms with Gasteiger partial charge in [0.2, 0.25) is 5.91 Å². The number of carbonyl (C=O) groups is 1. The SMILES string of the molecule is CN(Cc1cccc(Cl)c1)C(=O)CO. The summed E-state index contributed by atoms with van der Waals surface area (Å²) in [5, 5.41) is 9.27. The van der Waals surface area contributed by atoms with Crippen LogP contribution in [0.5, 0.6) is 0 Å². The van der Waals surface area contributed by atoms with Gasteiger partial charge in [-0.1, -0.05) is 23.7 Å². The second-order valence-corrected chi connectivity index (χ2v) is 3.47. The molecule has 1 aromatic rings. The number of benzene rings is 1. The van der Waals surface area contributed by atoms with Crippen LogP contribution in [0, 0.1) is 0 Å². The Hall–Kier alpha value is -1.06. The largest absolute Gasteiger partial charge is 0.387 e. The summed E-state index contributed by atoms with van der Waals surface area (Å²) in [6.07, 6.45) is 0. The topological polar surface area (TPSA) is 40.5 Å². The smallest absolute Gasteiger partial charge is 0.248 e. The molecule has 0 radical (unpaired) electrons. The lowest BCUT2D eigenvalue weighted by molar-refractivity contribution is -0.133. The quantitative estimate of drug-likeness (QED) is 0.822. The highest BCUT2D eigenvalue weighted by Crippen LogP contribution is 2.11. The molecule has 0 heterocycles. The number of amides is 1. The third-order valence-electron chi connectivity index (χ3n) is 1.87. The van der Waals surface area contributed by atoms with Gasteiger partial charge in [0.05, 0.1) is 0 Å². The summed E-state index contributed by atoms with van der Waals surface area (Å²) >= 11 is 5.79. The minimum atomic E-state index is -0.461. The molecule has 3 nitrogen and oxygen atoms in total. The van der Waals surface area contributed by atoms with E-state index in [9.17, 15) is 4.79 Å². The van der Waals surface area contributed by atoms with Crippen LogP contribution in [0.4, 0.5) is 0 Å². The van der Waals surface area contributed by atoms with Crippen molar-refractivity contribution in [2.45, 2.75) is 6.54 Å². The summed E-state index contributed by atoms with van der Waals surface area (Å²) in [4.78, 5) is 12.5. The van der Waals surface area contributed by atoms with Crippen LogP contribution in [0.3, 0.4) is 0 Å². The van der Waals surface area contributed by atoms with E-state index >= 15 is 0 Å². The number of hydrogen-bond donors (Lipinski definition) is 1. The van der Waals surface area contributed by atoms with Gasteiger partial charge in [-0.2, -0.15) is 0 Å². The van der Waals surface area contributed by atoms with Crippen molar-refractivity contribution in [2.24, 2.45) is 0 Å². The van der Waals surface area contributed by atoms with Crippen LogP contribution >= 0.6 is 11.6 Å². The highest BCUT2D eigenvalue weighted by atomic mass is 35.5. The fourth-order valence-corrected chi connectivity index (χ4v) is 1.33. The summed E-state index contributed by atoms with van der Waals surface area (Å²) in [5.41, 5.74) is 0.946. The number of hydrogen-bond acceptors (Lipinski definition) is 2. The third-order valence-corrected chi connectivity index (χ3v) is 2.10. The van der Waals surface area contributed by atoms with E-state index in [-0.39, 0.29) is 5.91 Å². The lowest BCUT2D eigenvalue weighted by Gasteiger charge is -2.15. The van der Waals surface area contributed by atoms with E-state index in [2.05, 4.69) is 0 Å². The van der Waals surface area contributed by atoms with Gasteiger partial charge in [-0.05, 0) is 17.7 Å². The Labute approximate surface area is 87.9 Å². The second-order valence-electron chi connectivity index (χ2n) is 3.04. The number of aliphatic hydroxyl groups excluding tert-OH is 1. The van der Waals surface area contributed by atoms with Gasteiger partial charge >= 0.3 is 0 Å². The summed E-state index contributed by atoms with van der Waals surface area (Å²) in [6.45, 7) is -0.00296. The Kier molecular flexibility index (Phi) is 3.92. The zero-order valence-electron chi connectivity index (χ0n) is 7.90. The Morgan fingerprint density at radius 3 is 2.86 bits per heavy atom. The number of nitrogens with zero attached hydrogens (tertiary/aromatic N) is 1. The van der Waals surface area contributed by atoms with Crippen molar-refractivity contribution in [3.63, 3.8) is 0 Å². The molecule has 76 valence electrons. The highest BCUT2D eigenvalue weighted by Gasteiger charge is 2.06. The van der Waals surface area contributed by atoms with Gasteiger partial charge in [-0.25, -0.2) is 0 Å². The molecule has 0 bridgehead atoms. The van der Waals surface area contributed by atoms with E-state index < -0.39 is 6.61 Å². The molecular weight excluding hydrogens is 202 g/mol. The van der Waals surface area contributed by atoms with E-state index in [1.807, 2.05) is 12.1 Å². The van der Waals surface area contributed by atoms with Gasteiger partial charge < -0.3 is 10.0 Å². The average molecular weight is 214 g/mol. The Morgan fingerprint density at radius 1 is 1.57 bits per heavy atom. The monoisotopic (exact) mass is 213 g/mol. The minimum absolute atomic E-state index is 0.301. The number of halogens is 1. The maximum atomic E-state index is 11.0.